The molecule has 2 atom stereocenters. The van der Waals surface area contributed by atoms with Gasteiger partial charge in [-0.2, -0.15) is 0 Å². The summed E-state index contributed by atoms with van der Waals surface area (Å²) in [5.41, 5.74) is 3.17. The van der Waals surface area contributed by atoms with Gasteiger partial charge in [0.1, 0.15) is 0 Å². The van der Waals surface area contributed by atoms with Crippen molar-refractivity contribution in [3.8, 4) is 0 Å². The van der Waals surface area contributed by atoms with Crippen molar-refractivity contribution in [3.63, 3.8) is 0 Å². The Labute approximate surface area is 102 Å². The molecule has 0 aromatic heterocycles. The van der Waals surface area contributed by atoms with Crippen LogP contribution < -0.4 is 10.6 Å². The summed E-state index contributed by atoms with van der Waals surface area (Å²) in [5.74, 6) is 0.747. The minimum Gasteiger partial charge on any atom is -0.385 e. The molecule has 1 aliphatic carbocycles. The molecule has 1 aromatic rings. The smallest absolute Gasteiger partial charge is 0.251 e. The fourth-order valence-electron chi connectivity index (χ4n) is 2.49. The Balaban J connectivity index is 1.84. The Morgan fingerprint density at radius 3 is 3.06 bits per heavy atom. The fourth-order valence-corrected chi connectivity index (χ4v) is 2.49. The average Bonchev–Trinajstić information content (AvgIpc) is 3.04. The summed E-state index contributed by atoms with van der Waals surface area (Å²) in [6, 6.07) is 6.36. The molecule has 0 saturated heterocycles. The first kappa shape index (κ1) is 10.6. The van der Waals surface area contributed by atoms with Gasteiger partial charge in [0.2, 0.25) is 0 Å². The van der Waals surface area contributed by atoms with Crippen LogP contribution in [-0.4, -0.2) is 18.5 Å². The van der Waals surface area contributed by atoms with Crippen LogP contribution in [0.3, 0.4) is 0 Å². The van der Waals surface area contributed by atoms with E-state index in [2.05, 4.69) is 23.6 Å². The molecule has 1 amide bonds. The zero-order chi connectivity index (χ0) is 11.8. The van der Waals surface area contributed by atoms with Gasteiger partial charge in [-0.05, 0) is 42.9 Å². The molecular weight excluding hydrogens is 212 g/mol. The van der Waals surface area contributed by atoms with E-state index in [9.17, 15) is 4.79 Å². The number of hydrogen-bond acceptors (Lipinski definition) is 2. The normalized spacial score (nSPS) is 25.7. The summed E-state index contributed by atoms with van der Waals surface area (Å²) >= 11 is 0. The van der Waals surface area contributed by atoms with Gasteiger partial charge in [-0.3, -0.25) is 4.79 Å². The second kappa shape index (κ2) is 4.06. The van der Waals surface area contributed by atoms with E-state index in [4.69, 9.17) is 0 Å². The summed E-state index contributed by atoms with van der Waals surface area (Å²) in [6.07, 6.45) is 3.24. The highest BCUT2D eigenvalue weighted by Gasteiger charge is 2.34. The molecule has 1 aliphatic heterocycles. The molecule has 3 nitrogen and oxygen atoms in total. The van der Waals surface area contributed by atoms with Crippen LogP contribution in [0.25, 0.3) is 0 Å². The summed E-state index contributed by atoms with van der Waals surface area (Å²) in [5, 5.41) is 6.46. The Morgan fingerprint density at radius 1 is 1.47 bits per heavy atom. The maximum Gasteiger partial charge on any atom is 0.251 e. The fraction of sp³-hybridized carbons (Fsp3) is 0.500. The van der Waals surface area contributed by atoms with Crippen molar-refractivity contribution in [2.24, 2.45) is 5.92 Å². The SMILES string of the molecule is CC1CC1NC(=O)c1cccc2c1CCCN2. The highest BCUT2D eigenvalue weighted by Crippen LogP contribution is 2.30. The third-order valence-electron chi connectivity index (χ3n) is 3.77. The third-order valence-corrected chi connectivity index (χ3v) is 3.77. The summed E-state index contributed by atoms with van der Waals surface area (Å²) < 4.78 is 0. The van der Waals surface area contributed by atoms with Crippen molar-refractivity contribution in [3.05, 3.63) is 29.3 Å². The van der Waals surface area contributed by atoms with E-state index in [1.807, 2.05) is 12.1 Å². The molecule has 90 valence electrons. The molecular formula is C14H18N2O. The van der Waals surface area contributed by atoms with Crippen molar-refractivity contribution in [2.45, 2.75) is 32.2 Å². The quantitative estimate of drug-likeness (QED) is 0.817. The standard InChI is InChI=1S/C14H18N2O/c1-9-8-13(9)16-14(17)11-4-2-6-12-10(11)5-3-7-15-12/h2,4,6,9,13,15H,3,5,7-8H2,1H3,(H,16,17). The first-order valence-electron chi connectivity index (χ1n) is 6.42. The number of anilines is 1. The zero-order valence-electron chi connectivity index (χ0n) is 10.1. The monoisotopic (exact) mass is 230 g/mol. The van der Waals surface area contributed by atoms with Crippen LogP contribution in [0.4, 0.5) is 5.69 Å². The van der Waals surface area contributed by atoms with E-state index in [1.165, 1.54) is 5.56 Å². The second-order valence-corrected chi connectivity index (χ2v) is 5.15. The molecule has 0 bridgehead atoms. The Bertz CT molecular complexity index is 456. The molecule has 0 radical (unpaired) electrons. The van der Waals surface area contributed by atoms with E-state index >= 15 is 0 Å². The Kier molecular flexibility index (Phi) is 2.54. The van der Waals surface area contributed by atoms with Gasteiger partial charge in [-0.1, -0.05) is 13.0 Å². The van der Waals surface area contributed by atoms with Gasteiger partial charge in [0.15, 0.2) is 0 Å². The van der Waals surface area contributed by atoms with Crippen LogP contribution in [-0.2, 0) is 6.42 Å². The molecule has 1 fully saturated rings. The van der Waals surface area contributed by atoms with Crippen molar-refractivity contribution >= 4 is 11.6 Å². The lowest BCUT2D eigenvalue weighted by molar-refractivity contribution is 0.0948. The van der Waals surface area contributed by atoms with Crippen molar-refractivity contribution in [1.29, 1.82) is 0 Å². The maximum absolute atomic E-state index is 12.2. The van der Waals surface area contributed by atoms with Crippen LogP contribution in [0.5, 0.6) is 0 Å². The lowest BCUT2D eigenvalue weighted by Gasteiger charge is -2.20. The highest BCUT2D eigenvalue weighted by molar-refractivity contribution is 5.97. The predicted octanol–water partition coefficient (Wildman–Crippen LogP) is 2.18. The number of carbonyl (C=O) groups excluding carboxylic acids is 1. The summed E-state index contributed by atoms with van der Waals surface area (Å²) in [7, 11) is 0. The van der Waals surface area contributed by atoms with E-state index in [-0.39, 0.29) is 5.91 Å². The molecule has 2 N–H and O–H groups in total. The highest BCUT2D eigenvalue weighted by atomic mass is 16.1. The third kappa shape index (κ3) is 2.02. The van der Waals surface area contributed by atoms with Crippen LogP contribution in [0.2, 0.25) is 0 Å². The average molecular weight is 230 g/mol. The molecule has 17 heavy (non-hydrogen) atoms. The van der Waals surface area contributed by atoms with Crippen molar-refractivity contribution < 1.29 is 4.79 Å². The number of hydrogen-bond donors (Lipinski definition) is 2. The van der Waals surface area contributed by atoms with E-state index < -0.39 is 0 Å². The molecule has 1 heterocycles. The molecule has 1 saturated carbocycles. The number of benzene rings is 1. The van der Waals surface area contributed by atoms with E-state index in [0.29, 0.717) is 12.0 Å². The lowest BCUT2D eigenvalue weighted by atomic mass is 9.97. The Hall–Kier alpha value is -1.51. The van der Waals surface area contributed by atoms with Gasteiger partial charge in [-0.15, -0.1) is 0 Å². The van der Waals surface area contributed by atoms with Gasteiger partial charge in [-0.25, -0.2) is 0 Å². The number of rotatable bonds is 2. The first-order valence-corrected chi connectivity index (χ1v) is 6.42. The minimum absolute atomic E-state index is 0.0971. The van der Waals surface area contributed by atoms with Crippen LogP contribution in [0.15, 0.2) is 18.2 Å². The maximum atomic E-state index is 12.2. The topological polar surface area (TPSA) is 41.1 Å². The first-order chi connectivity index (χ1) is 8.25. The summed E-state index contributed by atoms with van der Waals surface area (Å²) in [6.45, 7) is 3.19. The Morgan fingerprint density at radius 2 is 2.29 bits per heavy atom. The molecule has 2 unspecified atom stereocenters. The molecule has 2 aliphatic rings. The predicted molar refractivity (Wildman–Crippen MR) is 68.3 cm³/mol. The number of nitrogens with one attached hydrogen (secondary N) is 2. The van der Waals surface area contributed by atoms with Gasteiger partial charge < -0.3 is 10.6 Å². The second-order valence-electron chi connectivity index (χ2n) is 5.15. The van der Waals surface area contributed by atoms with Crippen LogP contribution >= 0.6 is 0 Å². The number of carbonyl (C=O) groups is 1. The lowest BCUT2D eigenvalue weighted by Crippen LogP contribution is -2.28. The number of fused-ring (bicyclic) bond motifs is 1. The van der Waals surface area contributed by atoms with Gasteiger partial charge in [0.05, 0.1) is 0 Å². The minimum atomic E-state index is 0.0971. The summed E-state index contributed by atoms with van der Waals surface area (Å²) in [4.78, 5) is 12.2. The van der Waals surface area contributed by atoms with Crippen LogP contribution in [0.1, 0.15) is 35.7 Å². The zero-order valence-corrected chi connectivity index (χ0v) is 10.1. The van der Waals surface area contributed by atoms with Gasteiger partial charge in [0.25, 0.3) is 5.91 Å². The molecule has 3 rings (SSSR count). The van der Waals surface area contributed by atoms with Crippen LogP contribution in [0, 0.1) is 5.92 Å². The van der Waals surface area contributed by atoms with Gasteiger partial charge >= 0.3 is 0 Å². The van der Waals surface area contributed by atoms with Crippen molar-refractivity contribution in [1.82, 2.24) is 5.32 Å². The molecule has 0 spiro atoms. The van der Waals surface area contributed by atoms with E-state index in [1.54, 1.807) is 0 Å². The largest absolute Gasteiger partial charge is 0.385 e. The molecule has 1 aromatic carbocycles. The number of amides is 1. The van der Waals surface area contributed by atoms with Gasteiger partial charge in [0, 0.05) is 23.8 Å². The van der Waals surface area contributed by atoms with Crippen molar-refractivity contribution in [2.75, 3.05) is 11.9 Å². The van der Waals surface area contributed by atoms with E-state index in [0.717, 1.165) is 37.1 Å². The molecule has 3 heteroatoms.